The number of hydrogen-bond acceptors (Lipinski definition) is 5. The molecular formula is C24H35N3O4. The molecule has 2 amide bonds. The molecule has 1 atom stereocenters. The number of ether oxygens (including phenoxy) is 1. The second-order valence-electron chi connectivity index (χ2n) is 8.70. The lowest BCUT2D eigenvalue weighted by Gasteiger charge is -2.32. The summed E-state index contributed by atoms with van der Waals surface area (Å²) in [7, 11) is 0. The van der Waals surface area contributed by atoms with Gasteiger partial charge in [-0.2, -0.15) is 0 Å². The number of amides is 2. The van der Waals surface area contributed by atoms with Gasteiger partial charge in [0.15, 0.2) is 0 Å². The first kappa shape index (κ1) is 23.3. The first-order valence-corrected chi connectivity index (χ1v) is 11.4. The van der Waals surface area contributed by atoms with Crippen LogP contribution in [0.2, 0.25) is 0 Å². The molecule has 0 radical (unpaired) electrons. The summed E-state index contributed by atoms with van der Waals surface area (Å²) in [5.74, 6) is -0.421. The van der Waals surface area contributed by atoms with E-state index in [0.717, 1.165) is 42.5 Å². The highest BCUT2D eigenvalue weighted by Gasteiger charge is 2.32. The van der Waals surface area contributed by atoms with Crippen LogP contribution in [0.25, 0.3) is 0 Å². The highest BCUT2D eigenvalue weighted by Crippen LogP contribution is 2.27. The molecule has 1 aromatic carbocycles. The molecule has 2 fully saturated rings. The van der Waals surface area contributed by atoms with E-state index in [1.807, 2.05) is 32.0 Å². The van der Waals surface area contributed by atoms with E-state index in [4.69, 9.17) is 4.74 Å². The number of likely N-dealkylation sites (tertiary alicyclic amines) is 1. The van der Waals surface area contributed by atoms with Crippen molar-refractivity contribution in [1.82, 2.24) is 9.80 Å². The van der Waals surface area contributed by atoms with Gasteiger partial charge in [-0.15, -0.1) is 0 Å². The third-order valence-electron chi connectivity index (χ3n) is 6.16. The molecule has 1 aliphatic carbocycles. The maximum Gasteiger partial charge on any atom is 0.310 e. The molecule has 7 nitrogen and oxygen atoms in total. The average molecular weight is 430 g/mol. The van der Waals surface area contributed by atoms with Crippen molar-refractivity contribution in [3.63, 3.8) is 0 Å². The van der Waals surface area contributed by atoms with Crippen LogP contribution in [0, 0.1) is 19.8 Å². The summed E-state index contributed by atoms with van der Waals surface area (Å²) in [4.78, 5) is 41.4. The second kappa shape index (κ2) is 10.8. The van der Waals surface area contributed by atoms with Crippen molar-refractivity contribution in [2.24, 2.45) is 5.92 Å². The number of hydrogen-bond donors (Lipinski definition) is 1. The normalized spacial score (nSPS) is 18.7. The van der Waals surface area contributed by atoms with Gasteiger partial charge in [0.05, 0.1) is 19.1 Å². The Hall–Kier alpha value is -2.41. The van der Waals surface area contributed by atoms with Gasteiger partial charge in [0, 0.05) is 37.8 Å². The molecule has 3 rings (SSSR count). The third kappa shape index (κ3) is 6.53. The molecule has 1 saturated carbocycles. The van der Waals surface area contributed by atoms with Gasteiger partial charge >= 0.3 is 5.97 Å². The lowest BCUT2D eigenvalue weighted by atomic mass is 9.98. The molecule has 2 aliphatic rings. The van der Waals surface area contributed by atoms with E-state index in [2.05, 4.69) is 10.2 Å². The van der Waals surface area contributed by atoms with E-state index in [0.29, 0.717) is 38.7 Å². The summed E-state index contributed by atoms with van der Waals surface area (Å²) in [6.45, 7) is 8.11. The molecule has 7 heteroatoms. The number of nitrogens with one attached hydrogen (secondary N) is 1. The second-order valence-corrected chi connectivity index (χ2v) is 8.70. The van der Waals surface area contributed by atoms with Gasteiger partial charge in [0.1, 0.15) is 0 Å². The van der Waals surface area contributed by atoms with E-state index in [-0.39, 0.29) is 30.2 Å². The first-order valence-electron chi connectivity index (χ1n) is 11.4. The maximum atomic E-state index is 12.8. The minimum atomic E-state index is -0.222. The highest BCUT2D eigenvalue weighted by atomic mass is 16.5. The van der Waals surface area contributed by atoms with Gasteiger partial charge in [0.2, 0.25) is 11.8 Å². The lowest BCUT2D eigenvalue weighted by Crippen LogP contribution is -2.44. The molecule has 0 aromatic heterocycles. The van der Waals surface area contributed by atoms with Crippen molar-refractivity contribution in [1.29, 1.82) is 0 Å². The molecule has 1 N–H and O–H groups in total. The Labute approximate surface area is 185 Å². The van der Waals surface area contributed by atoms with Crippen LogP contribution in [0.5, 0.6) is 0 Å². The molecule has 0 spiro atoms. The Kier molecular flexibility index (Phi) is 8.07. The van der Waals surface area contributed by atoms with Gasteiger partial charge in [-0.05, 0) is 57.6 Å². The van der Waals surface area contributed by atoms with Gasteiger partial charge < -0.3 is 15.0 Å². The molecule has 1 aliphatic heterocycles. The SMILES string of the molecule is CCOC(=O)C1CCCN(C(=O)CCN(CC(=O)Nc2c(C)cccc2C)C2CC2)C1. The fourth-order valence-corrected chi connectivity index (χ4v) is 4.26. The predicted octanol–water partition coefficient (Wildman–Crippen LogP) is 2.90. The summed E-state index contributed by atoms with van der Waals surface area (Å²) in [5, 5.41) is 3.05. The number of nitrogens with zero attached hydrogens (tertiary/aromatic N) is 2. The van der Waals surface area contributed by atoms with Crippen LogP contribution in [0.1, 0.15) is 50.2 Å². The molecule has 170 valence electrons. The van der Waals surface area contributed by atoms with E-state index >= 15 is 0 Å². The standard InChI is InChI=1S/C24H35N3O4/c1-4-31-24(30)19-9-6-13-27(15-19)22(29)12-14-26(20-10-11-20)16-21(28)25-23-17(2)7-5-8-18(23)3/h5,7-8,19-20H,4,6,9-16H2,1-3H3,(H,25,28). The largest absolute Gasteiger partial charge is 0.466 e. The minimum Gasteiger partial charge on any atom is -0.466 e. The molecule has 0 bridgehead atoms. The minimum absolute atomic E-state index is 0.0444. The average Bonchev–Trinajstić information content (AvgIpc) is 3.59. The van der Waals surface area contributed by atoms with Crippen LogP contribution < -0.4 is 5.32 Å². The number of carbonyl (C=O) groups is 3. The maximum absolute atomic E-state index is 12.8. The molecule has 31 heavy (non-hydrogen) atoms. The van der Waals surface area contributed by atoms with Crippen molar-refractivity contribution < 1.29 is 19.1 Å². The van der Waals surface area contributed by atoms with Crippen LogP contribution in [0.3, 0.4) is 0 Å². The fourth-order valence-electron chi connectivity index (χ4n) is 4.26. The summed E-state index contributed by atoms with van der Waals surface area (Å²) in [5.41, 5.74) is 2.96. The van der Waals surface area contributed by atoms with Crippen LogP contribution in [-0.2, 0) is 19.1 Å². The quantitative estimate of drug-likeness (QED) is 0.611. The molecule has 1 saturated heterocycles. The van der Waals surface area contributed by atoms with E-state index in [1.165, 1.54) is 0 Å². The Balaban J connectivity index is 1.51. The van der Waals surface area contributed by atoms with E-state index in [9.17, 15) is 14.4 Å². The lowest BCUT2D eigenvalue weighted by molar-refractivity contribution is -0.151. The summed E-state index contributed by atoms with van der Waals surface area (Å²) in [6, 6.07) is 6.34. The molecule has 1 heterocycles. The summed E-state index contributed by atoms with van der Waals surface area (Å²) >= 11 is 0. The zero-order valence-corrected chi connectivity index (χ0v) is 19.0. The Morgan fingerprint density at radius 2 is 1.87 bits per heavy atom. The first-order chi connectivity index (χ1) is 14.9. The van der Waals surface area contributed by atoms with Crippen LogP contribution in [0.15, 0.2) is 18.2 Å². The van der Waals surface area contributed by atoms with Gasteiger partial charge in [-0.3, -0.25) is 19.3 Å². The topological polar surface area (TPSA) is 79.0 Å². The summed E-state index contributed by atoms with van der Waals surface area (Å²) in [6.07, 6.45) is 4.09. The molecule has 1 unspecified atom stereocenters. The van der Waals surface area contributed by atoms with Crippen LogP contribution >= 0.6 is 0 Å². The fraction of sp³-hybridized carbons (Fsp3) is 0.625. The Morgan fingerprint density at radius 1 is 1.16 bits per heavy atom. The van der Waals surface area contributed by atoms with Gasteiger partial charge in [-0.1, -0.05) is 18.2 Å². The molecule has 1 aromatic rings. The van der Waals surface area contributed by atoms with Gasteiger partial charge in [0.25, 0.3) is 0 Å². The number of esters is 1. The highest BCUT2D eigenvalue weighted by molar-refractivity contribution is 5.93. The predicted molar refractivity (Wildman–Crippen MR) is 120 cm³/mol. The smallest absolute Gasteiger partial charge is 0.310 e. The van der Waals surface area contributed by atoms with Crippen molar-refractivity contribution in [3.8, 4) is 0 Å². The number of piperidine rings is 1. The van der Waals surface area contributed by atoms with Crippen molar-refractivity contribution >= 4 is 23.5 Å². The number of carbonyl (C=O) groups excluding carboxylic acids is 3. The van der Waals surface area contributed by atoms with Gasteiger partial charge in [-0.25, -0.2) is 0 Å². The van der Waals surface area contributed by atoms with Crippen LogP contribution in [0.4, 0.5) is 5.69 Å². The van der Waals surface area contributed by atoms with Crippen LogP contribution in [-0.4, -0.2) is 66.4 Å². The monoisotopic (exact) mass is 429 g/mol. The van der Waals surface area contributed by atoms with Crippen molar-refractivity contribution in [3.05, 3.63) is 29.3 Å². The van der Waals surface area contributed by atoms with Crippen molar-refractivity contribution in [2.45, 2.75) is 58.9 Å². The van der Waals surface area contributed by atoms with E-state index < -0.39 is 0 Å². The number of para-hydroxylation sites is 1. The third-order valence-corrected chi connectivity index (χ3v) is 6.16. The zero-order valence-electron chi connectivity index (χ0n) is 19.0. The van der Waals surface area contributed by atoms with Crippen molar-refractivity contribution in [2.75, 3.05) is 38.1 Å². The zero-order chi connectivity index (χ0) is 22.4. The van der Waals surface area contributed by atoms with E-state index in [1.54, 1.807) is 11.8 Å². The summed E-state index contributed by atoms with van der Waals surface area (Å²) < 4.78 is 5.13. The number of rotatable bonds is 9. The number of benzene rings is 1. The number of anilines is 1. The molecular weight excluding hydrogens is 394 g/mol. The Bertz CT molecular complexity index is 786. The number of aryl methyl sites for hydroxylation is 2. The Morgan fingerprint density at radius 3 is 2.52 bits per heavy atom.